The number of hydrogen-bond donors (Lipinski definition) is 0. The summed E-state index contributed by atoms with van der Waals surface area (Å²) in [5, 5.41) is 1.00. The number of aromatic nitrogens is 1. The van der Waals surface area contributed by atoms with Crippen LogP contribution in [0.2, 0.25) is 0 Å². The van der Waals surface area contributed by atoms with E-state index in [1.807, 2.05) is 37.3 Å². The van der Waals surface area contributed by atoms with Crippen LogP contribution in [-0.2, 0) is 6.18 Å². The zero-order chi connectivity index (χ0) is 16.4. The standard InChI is InChI=1S/C19H14F3N/c1-13-8-10-15-5-3-6-16(18(15)23-13)11-9-14-4-2-7-17(12-14)19(20,21)22/h2-12H,1H3/b11-9+. The average Bonchev–Trinajstić information content (AvgIpc) is 2.52. The molecule has 0 unspecified atom stereocenters. The molecular weight excluding hydrogens is 299 g/mol. The van der Waals surface area contributed by atoms with Crippen LogP contribution < -0.4 is 0 Å². The molecular formula is C19H14F3N. The molecule has 1 aromatic heterocycles. The molecule has 1 nitrogen and oxygen atoms in total. The highest BCUT2D eigenvalue weighted by Crippen LogP contribution is 2.30. The number of nitrogens with zero attached hydrogens (tertiary/aromatic N) is 1. The number of fused-ring (bicyclic) bond motifs is 1. The average molecular weight is 313 g/mol. The van der Waals surface area contributed by atoms with Gasteiger partial charge in [0.2, 0.25) is 0 Å². The van der Waals surface area contributed by atoms with Gasteiger partial charge in [0, 0.05) is 16.6 Å². The lowest BCUT2D eigenvalue weighted by Gasteiger charge is -2.07. The molecule has 0 aliphatic carbocycles. The molecule has 0 amide bonds. The van der Waals surface area contributed by atoms with Crippen LogP contribution in [-0.4, -0.2) is 4.98 Å². The van der Waals surface area contributed by atoms with Crippen LogP contribution in [0.15, 0.2) is 54.6 Å². The first-order valence-corrected chi connectivity index (χ1v) is 7.15. The van der Waals surface area contributed by atoms with E-state index in [9.17, 15) is 13.2 Å². The molecule has 0 fully saturated rings. The van der Waals surface area contributed by atoms with Gasteiger partial charge in [-0.05, 0) is 30.7 Å². The van der Waals surface area contributed by atoms with Gasteiger partial charge >= 0.3 is 6.18 Å². The van der Waals surface area contributed by atoms with Gasteiger partial charge in [-0.2, -0.15) is 13.2 Å². The number of halogens is 3. The third kappa shape index (κ3) is 3.42. The lowest BCUT2D eigenvalue weighted by Crippen LogP contribution is -2.04. The molecule has 0 saturated carbocycles. The maximum Gasteiger partial charge on any atom is 0.416 e. The highest BCUT2D eigenvalue weighted by atomic mass is 19.4. The van der Waals surface area contributed by atoms with Crippen molar-refractivity contribution in [3.8, 4) is 0 Å². The van der Waals surface area contributed by atoms with Gasteiger partial charge in [-0.15, -0.1) is 0 Å². The van der Waals surface area contributed by atoms with E-state index in [4.69, 9.17) is 0 Å². The topological polar surface area (TPSA) is 12.9 Å². The van der Waals surface area contributed by atoms with Gasteiger partial charge in [0.1, 0.15) is 0 Å². The van der Waals surface area contributed by atoms with Crippen molar-refractivity contribution in [2.75, 3.05) is 0 Å². The molecule has 2 aromatic carbocycles. The third-order valence-electron chi connectivity index (χ3n) is 3.56. The predicted octanol–water partition coefficient (Wildman–Crippen LogP) is 5.73. The first-order chi connectivity index (χ1) is 10.9. The van der Waals surface area contributed by atoms with E-state index in [-0.39, 0.29) is 0 Å². The Morgan fingerprint density at radius 2 is 1.70 bits per heavy atom. The maximum absolute atomic E-state index is 12.7. The number of alkyl halides is 3. The first-order valence-electron chi connectivity index (χ1n) is 7.15. The second-order valence-electron chi connectivity index (χ2n) is 5.33. The fourth-order valence-corrected chi connectivity index (χ4v) is 2.41. The van der Waals surface area contributed by atoms with Gasteiger partial charge in [0.15, 0.2) is 0 Å². The van der Waals surface area contributed by atoms with Gasteiger partial charge in [-0.25, -0.2) is 0 Å². The van der Waals surface area contributed by atoms with E-state index in [1.54, 1.807) is 18.2 Å². The Kier molecular flexibility index (Phi) is 3.90. The van der Waals surface area contributed by atoms with Crippen LogP contribution in [0, 0.1) is 6.92 Å². The highest BCUT2D eigenvalue weighted by Gasteiger charge is 2.30. The zero-order valence-electron chi connectivity index (χ0n) is 12.4. The molecule has 3 rings (SSSR count). The third-order valence-corrected chi connectivity index (χ3v) is 3.56. The summed E-state index contributed by atoms with van der Waals surface area (Å²) in [5.74, 6) is 0. The van der Waals surface area contributed by atoms with E-state index in [2.05, 4.69) is 4.98 Å². The Hall–Kier alpha value is -2.62. The molecule has 0 aliphatic rings. The van der Waals surface area contributed by atoms with Gasteiger partial charge in [-0.3, -0.25) is 4.98 Å². The van der Waals surface area contributed by atoms with Crippen molar-refractivity contribution < 1.29 is 13.2 Å². The van der Waals surface area contributed by atoms with E-state index in [1.165, 1.54) is 6.07 Å². The largest absolute Gasteiger partial charge is 0.416 e. The summed E-state index contributed by atoms with van der Waals surface area (Å²) in [5.41, 5.74) is 2.48. The molecule has 0 spiro atoms. The molecule has 0 radical (unpaired) electrons. The second-order valence-corrected chi connectivity index (χ2v) is 5.33. The molecule has 0 saturated heterocycles. The first kappa shape index (κ1) is 15.3. The lowest BCUT2D eigenvalue weighted by molar-refractivity contribution is -0.137. The minimum absolute atomic E-state index is 0.504. The molecule has 0 aliphatic heterocycles. The maximum atomic E-state index is 12.7. The Balaban J connectivity index is 1.99. The number of para-hydroxylation sites is 1. The van der Waals surface area contributed by atoms with Crippen LogP contribution in [0.25, 0.3) is 23.1 Å². The Labute approximate surface area is 132 Å². The van der Waals surface area contributed by atoms with Crippen molar-refractivity contribution in [2.45, 2.75) is 13.1 Å². The number of pyridine rings is 1. The van der Waals surface area contributed by atoms with E-state index in [0.717, 1.165) is 34.3 Å². The summed E-state index contributed by atoms with van der Waals surface area (Å²) in [6.45, 7) is 1.91. The Bertz CT molecular complexity index is 879. The van der Waals surface area contributed by atoms with Crippen molar-refractivity contribution in [3.05, 3.63) is 77.0 Å². The SMILES string of the molecule is Cc1ccc2cccc(/C=C/c3cccc(C(F)(F)F)c3)c2n1. The molecule has 3 aromatic rings. The lowest BCUT2D eigenvalue weighted by atomic mass is 10.1. The molecule has 4 heteroatoms. The molecule has 0 bridgehead atoms. The van der Waals surface area contributed by atoms with Crippen LogP contribution >= 0.6 is 0 Å². The van der Waals surface area contributed by atoms with Crippen LogP contribution in [0.4, 0.5) is 13.2 Å². The normalized spacial score (nSPS) is 12.2. The summed E-state index contributed by atoms with van der Waals surface area (Å²) in [7, 11) is 0. The minimum atomic E-state index is -4.33. The fourth-order valence-electron chi connectivity index (χ4n) is 2.41. The van der Waals surface area contributed by atoms with Gasteiger partial charge < -0.3 is 0 Å². The summed E-state index contributed by atoms with van der Waals surface area (Å²) in [4.78, 5) is 4.51. The van der Waals surface area contributed by atoms with Gasteiger partial charge in [0.25, 0.3) is 0 Å². The molecule has 116 valence electrons. The molecule has 0 atom stereocenters. The van der Waals surface area contributed by atoms with Crippen molar-refractivity contribution in [2.24, 2.45) is 0 Å². The van der Waals surface area contributed by atoms with Crippen LogP contribution in [0.1, 0.15) is 22.4 Å². The van der Waals surface area contributed by atoms with Crippen molar-refractivity contribution >= 4 is 23.1 Å². The van der Waals surface area contributed by atoms with E-state index < -0.39 is 11.7 Å². The smallest absolute Gasteiger partial charge is 0.253 e. The van der Waals surface area contributed by atoms with Crippen molar-refractivity contribution in [1.82, 2.24) is 4.98 Å². The molecule has 0 N–H and O–H groups in total. The van der Waals surface area contributed by atoms with Gasteiger partial charge in [0.05, 0.1) is 11.1 Å². The summed E-state index contributed by atoms with van der Waals surface area (Å²) in [6.07, 6.45) is -0.861. The van der Waals surface area contributed by atoms with Crippen LogP contribution in [0.3, 0.4) is 0 Å². The number of rotatable bonds is 2. The quantitative estimate of drug-likeness (QED) is 0.550. The minimum Gasteiger partial charge on any atom is -0.253 e. The van der Waals surface area contributed by atoms with Gasteiger partial charge in [-0.1, -0.05) is 48.6 Å². The van der Waals surface area contributed by atoms with Crippen molar-refractivity contribution in [3.63, 3.8) is 0 Å². The highest BCUT2D eigenvalue weighted by molar-refractivity contribution is 5.90. The number of hydrogen-bond acceptors (Lipinski definition) is 1. The van der Waals surface area contributed by atoms with Crippen molar-refractivity contribution in [1.29, 1.82) is 0 Å². The molecule has 1 heterocycles. The number of benzene rings is 2. The molecule has 23 heavy (non-hydrogen) atoms. The van der Waals surface area contributed by atoms with E-state index >= 15 is 0 Å². The summed E-state index contributed by atoms with van der Waals surface area (Å²) < 4.78 is 38.2. The Morgan fingerprint density at radius 3 is 2.48 bits per heavy atom. The van der Waals surface area contributed by atoms with E-state index in [0.29, 0.717) is 5.56 Å². The van der Waals surface area contributed by atoms with Crippen LogP contribution in [0.5, 0.6) is 0 Å². The second kappa shape index (κ2) is 5.88. The fraction of sp³-hybridized carbons (Fsp3) is 0.105. The monoisotopic (exact) mass is 313 g/mol. The Morgan fingerprint density at radius 1 is 0.913 bits per heavy atom. The summed E-state index contributed by atoms with van der Waals surface area (Å²) in [6, 6.07) is 15.0. The summed E-state index contributed by atoms with van der Waals surface area (Å²) >= 11 is 0. The zero-order valence-corrected chi connectivity index (χ0v) is 12.4. The number of aryl methyl sites for hydroxylation is 1. The predicted molar refractivity (Wildman–Crippen MR) is 86.9 cm³/mol.